The average Bonchev–Trinajstić information content (AvgIpc) is 3.57. The van der Waals surface area contributed by atoms with Gasteiger partial charge in [0.25, 0.3) is 0 Å². The Hall–Kier alpha value is -2.76. The average molecular weight is 523 g/mol. The molecule has 2 saturated heterocycles. The first-order valence-corrected chi connectivity index (χ1v) is 12.4. The standard InChI is InChI=1S/C26H34O11/c1-11-19-22(35-15(5)29)26(32)12(2)24(31)36-18(26)9-16(10-33-13(3)27)7-8-17(30)25(19,6)23-21(37-23)20(11)34-14(4)28/h7-9,11-12,17-23,30,32H,10H2,1-6H3/b8-7-,16-9+/t11-,12+,17+,18+,19-,20-,21+,22+,23+,25-,26+/m1/s1. The zero-order valence-electron chi connectivity index (χ0n) is 21.7. The van der Waals surface area contributed by atoms with Crippen LogP contribution in [0, 0.1) is 23.2 Å². The van der Waals surface area contributed by atoms with Gasteiger partial charge in [0.2, 0.25) is 0 Å². The van der Waals surface area contributed by atoms with Crippen molar-refractivity contribution in [1.29, 1.82) is 0 Å². The molecule has 11 atom stereocenters. The van der Waals surface area contributed by atoms with Crippen LogP contribution in [-0.2, 0) is 42.9 Å². The van der Waals surface area contributed by atoms with Crippen LogP contribution in [0.2, 0.25) is 0 Å². The molecule has 2 N–H and O–H groups in total. The summed E-state index contributed by atoms with van der Waals surface area (Å²) in [5.41, 5.74) is -2.86. The second kappa shape index (κ2) is 9.52. The molecule has 37 heavy (non-hydrogen) atoms. The fourth-order valence-corrected chi connectivity index (χ4v) is 6.39. The first-order valence-electron chi connectivity index (χ1n) is 12.4. The van der Waals surface area contributed by atoms with Crippen LogP contribution in [0.25, 0.3) is 0 Å². The molecule has 0 radical (unpaired) electrons. The Labute approximate surface area is 214 Å². The van der Waals surface area contributed by atoms with E-state index in [-0.39, 0.29) is 6.61 Å². The zero-order chi connectivity index (χ0) is 27.4. The van der Waals surface area contributed by atoms with Gasteiger partial charge in [-0.3, -0.25) is 19.2 Å². The van der Waals surface area contributed by atoms with Crippen molar-refractivity contribution in [1.82, 2.24) is 0 Å². The molecule has 204 valence electrons. The van der Waals surface area contributed by atoms with Crippen molar-refractivity contribution >= 4 is 23.9 Å². The molecular formula is C26H34O11. The molecule has 0 spiro atoms. The van der Waals surface area contributed by atoms with E-state index in [4.69, 9.17) is 23.7 Å². The normalized spacial score (nSPS) is 46.5. The number of rotatable bonds is 4. The van der Waals surface area contributed by atoms with Crippen LogP contribution in [0.5, 0.6) is 0 Å². The second-order valence-corrected chi connectivity index (χ2v) is 10.7. The van der Waals surface area contributed by atoms with Crippen LogP contribution < -0.4 is 0 Å². The van der Waals surface area contributed by atoms with E-state index in [0.29, 0.717) is 5.57 Å². The molecular weight excluding hydrogens is 488 g/mol. The quantitative estimate of drug-likeness (QED) is 0.303. The van der Waals surface area contributed by atoms with Crippen LogP contribution in [-0.4, -0.2) is 82.9 Å². The number of fused-ring (bicyclic) bond motifs is 4. The largest absolute Gasteiger partial charge is 0.461 e. The Morgan fingerprint density at radius 1 is 1.08 bits per heavy atom. The highest BCUT2D eigenvalue weighted by molar-refractivity contribution is 5.78. The lowest BCUT2D eigenvalue weighted by Gasteiger charge is -2.53. The van der Waals surface area contributed by atoms with Gasteiger partial charge < -0.3 is 33.9 Å². The summed E-state index contributed by atoms with van der Waals surface area (Å²) in [6.07, 6.45) is -1.19. The highest BCUT2D eigenvalue weighted by Crippen LogP contribution is 2.61. The number of carbonyl (C=O) groups is 4. The van der Waals surface area contributed by atoms with Gasteiger partial charge in [0.1, 0.15) is 24.9 Å². The predicted octanol–water partition coefficient (Wildman–Crippen LogP) is 0.602. The zero-order valence-corrected chi connectivity index (χ0v) is 21.7. The third-order valence-corrected chi connectivity index (χ3v) is 8.33. The van der Waals surface area contributed by atoms with Crippen LogP contribution >= 0.6 is 0 Å². The number of esters is 4. The van der Waals surface area contributed by atoms with E-state index in [2.05, 4.69) is 0 Å². The summed E-state index contributed by atoms with van der Waals surface area (Å²) < 4.78 is 28.0. The van der Waals surface area contributed by atoms with Crippen molar-refractivity contribution in [3.63, 3.8) is 0 Å². The third kappa shape index (κ3) is 4.46. The SMILES string of the molecule is CC(=O)OCC1=C/[C@@H]2OC(=O)[C@H](C)[C@@]2(O)[C@@H](OC(C)=O)[C@H]2[C@@H](C)[C@@H](OC(C)=O)[C@@H]3O[C@@H]3[C@]2(C)[C@@H](O)/C=C\1. The molecule has 3 fully saturated rings. The van der Waals surface area contributed by atoms with E-state index in [9.17, 15) is 29.4 Å². The lowest BCUT2D eigenvalue weighted by atomic mass is 9.54. The Morgan fingerprint density at radius 2 is 1.73 bits per heavy atom. The van der Waals surface area contributed by atoms with Crippen LogP contribution in [0.15, 0.2) is 23.8 Å². The number of aliphatic hydroxyl groups excluding tert-OH is 1. The molecule has 11 nitrogen and oxygen atoms in total. The van der Waals surface area contributed by atoms with E-state index in [1.54, 1.807) is 19.9 Å². The number of hydrogen-bond donors (Lipinski definition) is 2. The number of ether oxygens (including phenoxy) is 5. The van der Waals surface area contributed by atoms with Gasteiger partial charge in [0.15, 0.2) is 11.7 Å². The van der Waals surface area contributed by atoms with Crippen molar-refractivity contribution in [2.45, 2.75) is 83.8 Å². The van der Waals surface area contributed by atoms with Gasteiger partial charge in [0, 0.05) is 38.0 Å². The molecule has 0 aromatic rings. The summed E-state index contributed by atoms with van der Waals surface area (Å²) in [6.45, 7) is 8.49. The highest BCUT2D eigenvalue weighted by Gasteiger charge is 2.74. The monoisotopic (exact) mass is 522 g/mol. The van der Waals surface area contributed by atoms with Gasteiger partial charge >= 0.3 is 23.9 Å². The van der Waals surface area contributed by atoms with E-state index in [1.807, 2.05) is 0 Å². The van der Waals surface area contributed by atoms with Crippen molar-refractivity contribution < 1.29 is 53.1 Å². The van der Waals surface area contributed by atoms with E-state index < -0.39 is 89.3 Å². The summed E-state index contributed by atoms with van der Waals surface area (Å²) in [4.78, 5) is 48.6. The maximum Gasteiger partial charge on any atom is 0.312 e. The van der Waals surface area contributed by atoms with Gasteiger partial charge in [0.05, 0.1) is 18.1 Å². The Bertz CT molecular complexity index is 1050. The van der Waals surface area contributed by atoms with Crippen molar-refractivity contribution in [2.75, 3.05) is 6.61 Å². The smallest absolute Gasteiger partial charge is 0.312 e. The maximum absolute atomic E-state index is 12.8. The van der Waals surface area contributed by atoms with Gasteiger partial charge in [-0.2, -0.15) is 0 Å². The molecule has 2 heterocycles. The number of hydrogen-bond acceptors (Lipinski definition) is 11. The second-order valence-electron chi connectivity index (χ2n) is 10.7. The molecule has 0 aromatic carbocycles. The van der Waals surface area contributed by atoms with Gasteiger partial charge in [-0.15, -0.1) is 0 Å². The Morgan fingerprint density at radius 3 is 2.32 bits per heavy atom. The Kier molecular flexibility index (Phi) is 7.02. The summed E-state index contributed by atoms with van der Waals surface area (Å²) in [6, 6.07) is 0. The number of carbonyl (C=O) groups excluding carboxylic acids is 4. The molecule has 2 aliphatic carbocycles. The molecule has 0 aromatic heterocycles. The first kappa shape index (κ1) is 27.3. The molecule has 0 unspecified atom stereocenters. The minimum absolute atomic E-state index is 0.205. The molecule has 11 heteroatoms. The lowest BCUT2D eigenvalue weighted by molar-refractivity contribution is -0.216. The van der Waals surface area contributed by atoms with Gasteiger partial charge in [-0.05, 0) is 18.6 Å². The molecule has 0 amide bonds. The predicted molar refractivity (Wildman–Crippen MR) is 124 cm³/mol. The molecule has 4 rings (SSSR count). The van der Waals surface area contributed by atoms with Crippen LogP contribution in [0.3, 0.4) is 0 Å². The molecule has 2 aliphatic heterocycles. The molecule has 4 aliphatic rings. The molecule has 1 saturated carbocycles. The fourth-order valence-electron chi connectivity index (χ4n) is 6.39. The van der Waals surface area contributed by atoms with Gasteiger partial charge in [-0.25, -0.2) is 0 Å². The summed E-state index contributed by atoms with van der Waals surface area (Å²) >= 11 is 0. The van der Waals surface area contributed by atoms with Crippen molar-refractivity contribution in [2.24, 2.45) is 23.2 Å². The van der Waals surface area contributed by atoms with Crippen molar-refractivity contribution in [3.05, 3.63) is 23.8 Å². The minimum atomic E-state index is -2.07. The fraction of sp³-hybridized carbons (Fsp3) is 0.692. The van der Waals surface area contributed by atoms with Crippen LogP contribution in [0.4, 0.5) is 0 Å². The van der Waals surface area contributed by atoms with E-state index in [1.165, 1.54) is 39.8 Å². The first-order chi connectivity index (χ1) is 17.2. The molecule has 0 bridgehead atoms. The lowest BCUT2D eigenvalue weighted by Crippen LogP contribution is -2.66. The highest BCUT2D eigenvalue weighted by atomic mass is 16.6. The summed E-state index contributed by atoms with van der Waals surface area (Å²) in [7, 11) is 0. The third-order valence-electron chi connectivity index (χ3n) is 8.33. The van der Waals surface area contributed by atoms with Gasteiger partial charge in [-0.1, -0.05) is 26.0 Å². The topological polar surface area (TPSA) is 158 Å². The number of aliphatic hydroxyl groups is 2. The maximum atomic E-state index is 12.8. The van der Waals surface area contributed by atoms with Crippen LogP contribution in [0.1, 0.15) is 41.5 Å². The Balaban J connectivity index is 1.92. The minimum Gasteiger partial charge on any atom is -0.461 e. The van der Waals surface area contributed by atoms with E-state index >= 15 is 0 Å². The summed E-state index contributed by atoms with van der Waals surface area (Å²) in [5, 5.41) is 23.8. The number of epoxide rings is 1. The summed E-state index contributed by atoms with van der Waals surface area (Å²) in [5.74, 6) is -5.03. The van der Waals surface area contributed by atoms with E-state index in [0.717, 1.165) is 0 Å². The van der Waals surface area contributed by atoms with Crippen molar-refractivity contribution in [3.8, 4) is 0 Å².